The molecule has 1 fully saturated rings. The average molecular weight is 181 g/mol. The molecule has 74 valence electrons. The lowest BCUT2D eigenvalue weighted by molar-refractivity contribution is 0.0189. The summed E-state index contributed by atoms with van der Waals surface area (Å²) < 4.78 is 0. The van der Waals surface area contributed by atoms with Gasteiger partial charge in [0.2, 0.25) is 0 Å². The van der Waals surface area contributed by atoms with Crippen LogP contribution in [0.5, 0.6) is 0 Å². The Morgan fingerprint density at radius 2 is 2.23 bits per heavy atom. The van der Waals surface area contributed by atoms with E-state index in [-0.39, 0.29) is 0 Å². The second-order valence-electron chi connectivity index (χ2n) is 4.09. The van der Waals surface area contributed by atoms with Crippen LogP contribution >= 0.6 is 0 Å². The van der Waals surface area contributed by atoms with Crippen LogP contribution in [0.2, 0.25) is 0 Å². The van der Waals surface area contributed by atoms with Gasteiger partial charge in [0.05, 0.1) is 5.60 Å². The summed E-state index contributed by atoms with van der Waals surface area (Å²) in [7, 11) is 2.10. The first-order valence-electron chi connectivity index (χ1n) is 5.01. The van der Waals surface area contributed by atoms with Gasteiger partial charge in [0, 0.05) is 13.0 Å². The number of hydrogen-bond donors (Lipinski definition) is 1. The van der Waals surface area contributed by atoms with Gasteiger partial charge in [0.1, 0.15) is 0 Å². The van der Waals surface area contributed by atoms with Crippen molar-refractivity contribution in [3.63, 3.8) is 0 Å². The highest BCUT2D eigenvalue weighted by Gasteiger charge is 2.28. The lowest BCUT2D eigenvalue weighted by atomic mass is 9.90. The zero-order valence-corrected chi connectivity index (χ0v) is 8.42. The summed E-state index contributed by atoms with van der Waals surface area (Å²) in [6.45, 7) is 2.08. The molecule has 0 aliphatic carbocycles. The molecule has 1 aliphatic rings. The Morgan fingerprint density at radius 1 is 1.46 bits per heavy atom. The van der Waals surface area contributed by atoms with Crippen molar-refractivity contribution in [2.45, 2.75) is 37.7 Å². The van der Waals surface area contributed by atoms with E-state index >= 15 is 0 Å². The molecular weight excluding hydrogens is 162 g/mol. The molecule has 0 aromatic heterocycles. The van der Waals surface area contributed by atoms with Gasteiger partial charge in [-0.25, -0.2) is 0 Å². The van der Waals surface area contributed by atoms with Gasteiger partial charge in [-0.1, -0.05) is 0 Å². The Morgan fingerprint density at radius 3 is 2.92 bits per heavy atom. The van der Waals surface area contributed by atoms with Gasteiger partial charge in [-0.2, -0.15) is 0 Å². The van der Waals surface area contributed by atoms with Crippen LogP contribution in [-0.4, -0.2) is 35.7 Å². The van der Waals surface area contributed by atoms with E-state index in [2.05, 4.69) is 17.9 Å². The van der Waals surface area contributed by atoms with Gasteiger partial charge in [-0.3, -0.25) is 0 Å². The zero-order chi connectivity index (χ0) is 9.73. The van der Waals surface area contributed by atoms with Gasteiger partial charge < -0.3 is 10.0 Å². The monoisotopic (exact) mass is 181 g/mol. The first kappa shape index (κ1) is 10.6. The molecule has 1 saturated heterocycles. The minimum absolute atomic E-state index is 0.489. The summed E-state index contributed by atoms with van der Waals surface area (Å²) in [6, 6.07) is 0. The Kier molecular flexibility index (Phi) is 3.77. The van der Waals surface area contributed by atoms with Crippen LogP contribution in [-0.2, 0) is 0 Å². The summed E-state index contributed by atoms with van der Waals surface area (Å²) in [5.41, 5.74) is -0.489. The number of rotatable bonds is 2. The molecule has 0 saturated carbocycles. The van der Waals surface area contributed by atoms with Crippen molar-refractivity contribution in [1.82, 2.24) is 4.90 Å². The van der Waals surface area contributed by atoms with Crippen LogP contribution in [0.25, 0.3) is 0 Å². The predicted molar refractivity (Wildman–Crippen MR) is 54.4 cm³/mol. The van der Waals surface area contributed by atoms with Gasteiger partial charge >= 0.3 is 0 Å². The maximum atomic E-state index is 10.2. The third-order valence-electron chi connectivity index (χ3n) is 2.88. The third kappa shape index (κ3) is 3.38. The van der Waals surface area contributed by atoms with Crippen molar-refractivity contribution in [3.05, 3.63) is 0 Å². The van der Waals surface area contributed by atoms with Crippen LogP contribution in [0.4, 0.5) is 0 Å². The second-order valence-corrected chi connectivity index (χ2v) is 4.09. The van der Waals surface area contributed by atoms with Crippen molar-refractivity contribution in [2.24, 2.45) is 0 Å². The van der Waals surface area contributed by atoms with Crippen LogP contribution in [0.3, 0.4) is 0 Å². The molecule has 1 atom stereocenters. The van der Waals surface area contributed by atoms with E-state index in [0.717, 1.165) is 38.8 Å². The minimum atomic E-state index is -0.489. The lowest BCUT2D eigenvalue weighted by Crippen LogP contribution is -2.30. The largest absolute Gasteiger partial charge is 0.390 e. The molecule has 0 radical (unpaired) electrons. The number of aliphatic hydroxyl groups is 1. The molecule has 0 bridgehead atoms. The normalized spacial score (nSPS) is 30.8. The first-order valence-corrected chi connectivity index (χ1v) is 5.01. The molecule has 2 nitrogen and oxygen atoms in total. The maximum absolute atomic E-state index is 10.2. The smallest absolute Gasteiger partial charge is 0.0669 e. The quantitative estimate of drug-likeness (QED) is 0.648. The summed E-state index contributed by atoms with van der Waals surface area (Å²) in [4.78, 5) is 2.27. The predicted octanol–water partition coefficient (Wildman–Crippen LogP) is 1.25. The minimum Gasteiger partial charge on any atom is -0.390 e. The number of terminal acetylenes is 1. The highest BCUT2D eigenvalue weighted by Crippen LogP contribution is 2.26. The Labute approximate surface area is 80.9 Å². The molecule has 1 heterocycles. The number of likely N-dealkylation sites (tertiary alicyclic amines) is 1. The van der Waals surface area contributed by atoms with Gasteiger partial charge in [0.25, 0.3) is 0 Å². The molecular formula is C11H19NO. The third-order valence-corrected chi connectivity index (χ3v) is 2.88. The number of hydrogen-bond acceptors (Lipinski definition) is 2. The number of nitrogens with zero attached hydrogens (tertiary/aromatic N) is 1. The standard InChI is InChI=1S/C11H19NO/c1-3-4-6-11(13)7-5-9-12(2)10-8-11/h1,13H,4-10H2,2H3. The van der Waals surface area contributed by atoms with E-state index in [9.17, 15) is 5.11 Å². The Bertz CT molecular complexity index is 197. The molecule has 13 heavy (non-hydrogen) atoms. The average Bonchev–Trinajstić information content (AvgIpc) is 2.27. The van der Waals surface area contributed by atoms with Crippen LogP contribution in [0, 0.1) is 12.3 Å². The second kappa shape index (κ2) is 4.64. The van der Waals surface area contributed by atoms with Crippen molar-refractivity contribution in [2.75, 3.05) is 20.1 Å². The molecule has 0 spiro atoms. The fourth-order valence-electron chi connectivity index (χ4n) is 1.87. The molecule has 0 aromatic carbocycles. The van der Waals surface area contributed by atoms with Crippen LogP contribution in [0.1, 0.15) is 32.1 Å². The van der Waals surface area contributed by atoms with Crippen molar-refractivity contribution >= 4 is 0 Å². The Hall–Kier alpha value is -0.520. The maximum Gasteiger partial charge on any atom is 0.0669 e. The highest BCUT2D eigenvalue weighted by molar-refractivity contribution is 4.90. The SMILES string of the molecule is C#CCCC1(O)CCCN(C)CC1. The van der Waals surface area contributed by atoms with Crippen LogP contribution < -0.4 is 0 Å². The van der Waals surface area contributed by atoms with Crippen molar-refractivity contribution in [3.8, 4) is 12.3 Å². The molecule has 2 heteroatoms. The summed E-state index contributed by atoms with van der Waals surface area (Å²) in [5, 5.41) is 10.2. The van der Waals surface area contributed by atoms with Gasteiger partial charge in [-0.15, -0.1) is 12.3 Å². The van der Waals surface area contributed by atoms with E-state index in [1.54, 1.807) is 0 Å². The summed E-state index contributed by atoms with van der Waals surface area (Å²) >= 11 is 0. The Balaban J connectivity index is 2.43. The van der Waals surface area contributed by atoms with Gasteiger partial charge in [-0.05, 0) is 39.3 Å². The molecule has 1 rings (SSSR count). The van der Waals surface area contributed by atoms with Crippen LogP contribution in [0.15, 0.2) is 0 Å². The zero-order valence-electron chi connectivity index (χ0n) is 8.42. The molecule has 1 N–H and O–H groups in total. The van der Waals surface area contributed by atoms with E-state index in [1.165, 1.54) is 0 Å². The molecule has 0 aromatic rings. The van der Waals surface area contributed by atoms with E-state index < -0.39 is 5.60 Å². The molecule has 1 unspecified atom stereocenters. The summed E-state index contributed by atoms with van der Waals surface area (Å²) in [5.74, 6) is 2.60. The fraction of sp³-hybridized carbons (Fsp3) is 0.818. The highest BCUT2D eigenvalue weighted by atomic mass is 16.3. The molecule has 0 amide bonds. The van der Waals surface area contributed by atoms with E-state index in [1.807, 2.05) is 0 Å². The van der Waals surface area contributed by atoms with Crippen molar-refractivity contribution in [1.29, 1.82) is 0 Å². The van der Waals surface area contributed by atoms with Crippen molar-refractivity contribution < 1.29 is 5.11 Å². The first-order chi connectivity index (χ1) is 6.16. The van der Waals surface area contributed by atoms with E-state index in [0.29, 0.717) is 6.42 Å². The topological polar surface area (TPSA) is 23.5 Å². The summed E-state index contributed by atoms with van der Waals surface area (Å²) in [6.07, 6.45) is 9.50. The van der Waals surface area contributed by atoms with Gasteiger partial charge in [0.15, 0.2) is 0 Å². The lowest BCUT2D eigenvalue weighted by Gasteiger charge is -2.25. The van der Waals surface area contributed by atoms with E-state index in [4.69, 9.17) is 6.42 Å². The fourth-order valence-corrected chi connectivity index (χ4v) is 1.87. The molecule has 1 aliphatic heterocycles.